The molecule has 2 saturated heterocycles. The number of nitrogens with one attached hydrogen (secondary N) is 1. The maximum atomic E-state index is 12.5. The van der Waals surface area contributed by atoms with E-state index < -0.39 is 0 Å². The summed E-state index contributed by atoms with van der Waals surface area (Å²) in [4.78, 5) is 28.6. The summed E-state index contributed by atoms with van der Waals surface area (Å²) in [5.74, 6) is -0.0113. The molecule has 0 saturated carbocycles. The van der Waals surface area contributed by atoms with Gasteiger partial charge in [-0.15, -0.1) is 0 Å². The average molecular weight is 352 g/mol. The Bertz CT molecular complexity index is 604. The number of amides is 2. The number of likely N-dealkylation sites (tertiary alicyclic amines) is 1. The topological polar surface area (TPSA) is 61.9 Å². The Hall–Kier alpha value is -1.63. The van der Waals surface area contributed by atoms with Gasteiger partial charge in [0.2, 0.25) is 5.91 Å². The predicted octanol–water partition coefficient (Wildman–Crippen LogP) is 1.00. The van der Waals surface area contributed by atoms with Crippen LogP contribution in [0.4, 0.5) is 0 Å². The molecule has 1 atom stereocenters. The van der Waals surface area contributed by atoms with Crippen LogP contribution in [0, 0.1) is 0 Å². The minimum absolute atomic E-state index is 0.0301. The minimum atomic E-state index is -0.172. The third kappa shape index (κ3) is 4.06. The van der Waals surface area contributed by atoms with Crippen molar-refractivity contribution in [1.82, 2.24) is 15.1 Å². The van der Waals surface area contributed by atoms with Crippen LogP contribution in [0.5, 0.6) is 0 Å². The molecule has 130 valence electrons. The van der Waals surface area contributed by atoms with E-state index in [2.05, 4.69) is 10.2 Å². The summed E-state index contributed by atoms with van der Waals surface area (Å²) < 4.78 is 5.34. The van der Waals surface area contributed by atoms with E-state index in [-0.39, 0.29) is 17.9 Å². The second-order valence-electron chi connectivity index (χ2n) is 6.04. The molecule has 3 rings (SSSR count). The summed E-state index contributed by atoms with van der Waals surface area (Å²) in [7, 11) is 0. The lowest BCUT2D eigenvalue weighted by molar-refractivity contribution is -0.133. The third-order valence-electron chi connectivity index (χ3n) is 4.51. The lowest BCUT2D eigenvalue weighted by Crippen LogP contribution is -2.48. The quantitative estimate of drug-likeness (QED) is 0.860. The fourth-order valence-electron chi connectivity index (χ4n) is 3.21. The Morgan fingerprint density at radius 1 is 1.29 bits per heavy atom. The first kappa shape index (κ1) is 17.2. The van der Waals surface area contributed by atoms with Crippen molar-refractivity contribution in [2.75, 3.05) is 45.9 Å². The number of halogens is 1. The Labute approximate surface area is 146 Å². The molecule has 0 spiro atoms. The normalized spacial score (nSPS) is 22.0. The fraction of sp³-hybridized carbons (Fsp3) is 0.529. The lowest BCUT2D eigenvalue weighted by Gasteiger charge is -2.31. The molecule has 0 aliphatic carbocycles. The van der Waals surface area contributed by atoms with Gasteiger partial charge >= 0.3 is 0 Å². The van der Waals surface area contributed by atoms with Gasteiger partial charge in [-0.2, -0.15) is 0 Å². The molecular weight excluding hydrogens is 330 g/mol. The number of carbonyl (C=O) groups is 2. The summed E-state index contributed by atoms with van der Waals surface area (Å²) >= 11 is 5.89. The Balaban J connectivity index is 1.45. The molecule has 7 heteroatoms. The number of nitrogens with zero attached hydrogens (tertiary/aromatic N) is 2. The monoisotopic (exact) mass is 351 g/mol. The van der Waals surface area contributed by atoms with Crippen molar-refractivity contribution in [2.45, 2.75) is 12.5 Å². The van der Waals surface area contributed by atoms with Gasteiger partial charge in [0, 0.05) is 43.3 Å². The molecule has 1 aromatic rings. The summed E-state index contributed by atoms with van der Waals surface area (Å²) in [6.07, 6.45) is 0.848. The van der Waals surface area contributed by atoms with Crippen LogP contribution in [0.3, 0.4) is 0 Å². The van der Waals surface area contributed by atoms with Crippen molar-refractivity contribution in [2.24, 2.45) is 0 Å². The number of benzene rings is 1. The number of carbonyl (C=O) groups excluding carboxylic acids is 2. The fourth-order valence-corrected chi connectivity index (χ4v) is 3.40. The molecule has 2 fully saturated rings. The van der Waals surface area contributed by atoms with Gasteiger partial charge in [0.25, 0.3) is 5.91 Å². The summed E-state index contributed by atoms with van der Waals surface area (Å²) in [6.45, 7) is 4.73. The number of hydrogen-bond donors (Lipinski definition) is 1. The van der Waals surface area contributed by atoms with E-state index in [0.29, 0.717) is 36.9 Å². The van der Waals surface area contributed by atoms with E-state index in [0.717, 1.165) is 26.1 Å². The van der Waals surface area contributed by atoms with Gasteiger partial charge in [-0.05, 0) is 24.6 Å². The van der Waals surface area contributed by atoms with E-state index in [1.807, 2.05) is 4.90 Å². The standard InChI is InChI=1S/C17H22ClN3O3/c18-14-3-1-2-13(12-14)16(22)19-5-7-21-6-4-15(17(21)23)20-8-10-24-11-9-20/h1-3,12,15H,4-11H2,(H,19,22). The largest absolute Gasteiger partial charge is 0.379 e. The number of hydrogen-bond acceptors (Lipinski definition) is 4. The van der Waals surface area contributed by atoms with E-state index in [1.54, 1.807) is 24.3 Å². The van der Waals surface area contributed by atoms with Crippen molar-refractivity contribution < 1.29 is 14.3 Å². The molecule has 0 radical (unpaired) electrons. The van der Waals surface area contributed by atoms with Gasteiger partial charge in [-0.1, -0.05) is 17.7 Å². The molecular formula is C17H22ClN3O3. The van der Waals surface area contributed by atoms with E-state index in [9.17, 15) is 9.59 Å². The zero-order valence-corrected chi connectivity index (χ0v) is 14.3. The number of ether oxygens (including phenoxy) is 1. The average Bonchev–Trinajstić information content (AvgIpc) is 2.96. The van der Waals surface area contributed by atoms with Crippen LogP contribution in [0.15, 0.2) is 24.3 Å². The molecule has 0 aromatic heterocycles. The van der Waals surface area contributed by atoms with Crippen LogP contribution in [0.2, 0.25) is 5.02 Å². The van der Waals surface area contributed by atoms with Crippen molar-refractivity contribution in [1.29, 1.82) is 0 Å². The van der Waals surface area contributed by atoms with Crippen molar-refractivity contribution in [3.63, 3.8) is 0 Å². The zero-order valence-electron chi connectivity index (χ0n) is 13.5. The van der Waals surface area contributed by atoms with Crippen molar-refractivity contribution in [3.8, 4) is 0 Å². The van der Waals surface area contributed by atoms with Crippen LogP contribution in [-0.2, 0) is 9.53 Å². The third-order valence-corrected chi connectivity index (χ3v) is 4.74. The summed E-state index contributed by atoms with van der Waals surface area (Å²) in [5.41, 5.74) is 0.529. The SMILES string of the molecule is O=C(NCCN1CCC(N2CCOCC2)C1=O)c1cccc(Cl)c1. The highest BCUT2D eigenvalue weighted by atomic mass is 35.5. The van der Waals surface area contributed by atoms with Crippen molar-refractivity contribution >= 4 is 23.4 Å². The van der Waals surface area contributed by atoms with Gasteiger partial charge in [-0.3, -0.25) is 14.5 Å². The second-order valence-corrected chi connectivity index (χ2v) is 6.48. The molecule has 2 aliphatic rings. The highest BCUT2D eigenvalue weighted by Gasteiger charge is 2.36. The van der Waals surface area contributed by atoms with Gasteiger partial charge in [0.15, 0.2) is 0 Å². The second kappa shape index (κ2) is 7.96. The lowest BCUT2D eigenvalue weighted by atomic mass is 10.2. The van der Waals surface area contributed by atoms with Gasteiger partial charge in [0.05, 0.1) is 19.3 Å². The highest BCUT2D eigenvalue weighted by molar-refractivity contribution is 6.30. The molecule has 2 heterocycles. The molecule has 1 aromatic carbocycles. The van der Waals surface area contributed by atoms with Gasteiger partial charge in [0.1, 0.15) is 0 Å². The Morgan fingerprint density at radius 2 is 2.08 bits per heavy atom. The van der Waals surface area contributed by atoms with Crippen LogP contribution < -0.4 is 5.32 Å². The minimum Gasteiger partial charge on any atom is -0.379 e. The first-order chi connectivity index (χ1) is 11.6. The van der Waals surface area contributed by atoms with Crippen molar-refractivity contribution in [3.05, 3.63) is 34.9 Å². The Morgan fingerprint density at radius 3 is 2.83 bits per heavy atom. The molecule has 2 amide bonds. The van der Waals surface area contributed by atoms with Crippen LogP contribution in [0.25, 0.3) is 0 Å². The van der Waals surface area contributed by atoms with Gasteiger partial charge in [-0.25, -0.2) is 0 Å². The van der Waals surface area contributed by atoms with Gasteiger partial charge < -0.3 is 15.0 Å². The molecule has 6 nitrogen and oxygen atoms in total. The van der Waals surface area contributed by atoms with E-state index in [1.165, 1.54) is 0 Å². The number of rotatable bonds is 5. The van der Waals surface area contributed by atoms with E-state index >= 15 is 0 Å². The van der Waals surface area contributed by atoms with Crippen LogP contribution in [-0.4, -0.2) is 73.6 Å². The first-order valence-electron chi connectivity index (χ1n) is 8.29. The highest BCUT2D eigenvalue weighted by Crippen LogP contribution is 2.18. The molecule has 0 bridgehead atoms. The Kier molecular flexibility index (Phi) is 5.71. The van der Waals surface area contributed by atoms with Crippen LogP contribution >= 0.6 is 11.6 Å². The molecule has 1 N–H and O–H groups in total. The smallest absolute Gasteiger partial charge is 0.251 e. The molecule has 24 heavy (non-hydrogen) atoms. The molecule has 2 aliphatic heterocycles. The molecule has 1 unspecified atom stereocenters. The maximum absolute atomic E-state index is 12.5. The predicted molar refractivity (Wildman–Crippen MR) is 91.2 cm³/mol. The first-order valence-corrected chi connectivity index (χ1v) is 8.67. The zero-order chi connectivity index (χ0) is 16.9. The number of morpholine rings is 1. The van der Waals surface area contributed by atoms with E-state index in [4.69, 9.17) is 16.3 Å². The summed E-state index contributed by atoms with van der Waals surface area (Å²) in [5, 5.41) is 3.38. The van der Waals surface area contributed by atoms with Crippen LogP contribution in [0.1, 0.15) is 16.8 Å². The summed E-state index contributed by atoms with van der Waals surface area (Å²) in [6, 6.07) is 6.79. The maximum Gasteiger partial charge on any atom is 0.251 e.